The highest BCUT2D eigenvalue weighted by Crippen LogP contribution is 2.23. The van der Waals surface area contributed by atoms with Crippen LogP contribution in [0.4, 0.5) is 5.82 Å². The molecule has 0 bridgehead atoms. The molecule has 0 saturated carbocycles. The van der Waals surface area contributed by atoms with Crippen LogP contribution in [0.5, 0.6) is 0 Å². The largest absolute Gasteiger partial charge is 0.368 e. The smallest absolute Gasteiger partial charge is 0.239 e. The number of fused-ring (bicyclic) bond motifs is 1. The van der Waals surface area contributed by atoms with Gasteiger partial charge in [-0.15, -0.1) is 26.6 Å². The van der Waals surface area contributed by atoms with Crippen molar-refractivity contribution in [2.45, 2.75) is 19.4 Å². The molecule has 7 nitrogen and oxygen atoms in total. The third-order valence-electron chi connectivity index (χ3n) is 3.08. The van der Waals surface area contributed by atoms with Gasteiger partial charge in [0, 0.05) is 0 Å². The average molecular weight is 302 g/mol. The van der Waals surface area contributed by atoms with E-state index in [0.717, 1.165) is 4.88 Å². The van der Waals surface area contributed by atoms with Crippen LogP contribution < -0.4 is 11.1 Å². The van der Waals surface area contributed by atoms with Gasteiger partial charge in [-0.25, -0.2) is 0 Å². The fraction of sp³-hybridized carbons (Fsp3) is 0.231. The molecule has 3 N–H and O–H groups in total. The van der Waals surface area contributed by atoms with E-state index in [9.17, 15) is 4.79 Å². The summed E-state index contributed by atoms with van der Waals surface area (Å²) in [6.07, 6.45) is 0.592. The number of thiophene rings is 1. The highest BCUT2D eigenvalue weighted by Gasteiger charge is 2.15. The van der Waals surface area contributed by atoms with Gasteiger partial charge < -0.3 is 11.1 Å². The van der Waals surface area contributed by atoms with Crippen LogP contribution in [0.3, 0.4) is 0 Å². The molecule has 108 valence electrons. The highest BCUT2D eigenvalue weighted by atomic mass is 32.1. The monoisotopic (exact) mass is 302 g/mol. The van der Waals surface area contributed by atoms with Crippen molar-refractivity contribution in [1.82, 2.24) is 19.8 Å². The second-order valence-corrected chi connectivity index (χ2v) is 5.44. The Morgan fingerprint density at radius 1 is 1.43 bits per heavy atom. The number of amides is 1. The topological polar surface area (TPSA) is 98.2 Å². The van der Waals surface area contributed by atoms with Gasteiger partial charge in [0.2, 0.25) is 5.91 Å². The van der Waals surface area contributed by atoms with Gasteiger partial charge in [0.25, 0.3) is 0 Å². The summed E-state index contributed by atoms with van der Waals surface area (Å²) in [5.41, 5.74) is 5.98. The fourth-order valence-electron chi connectivity index (χ4n) is 1.98. The zero-order valence-corrected chi connectivity index (χ0v) is 12.2. The fourth-order valence-corrected chi connectivity index (χ4v) is 2.67. The van der Waals surface area contributed by atoms with Crippen molar-refractivity contribution < 1.29 is 4.79 Å². The van der Waals surface area contributed by atoms with E-state index in [1.54, 1.807) is 28.0 Å². The molecule has 0 saturated heterocycles. The minimum Gasteiger partial charge on any atom is -0.368 e. The second-order valence-electron chi connectivity index (χ2n) is 4.50. The van der Waals surface area contributed by atoms with E-state index < -0.39 is 11.9 Å². The molecule has 3 heterocycles. The van der Waals surface area contributed by atoms with Crippen LogP contribution in [0.15, 0.2) is 29.6 Å². The van der Waals surface area contributed by atoms with E-state index in [0.29, 0.717) is 23.7 Å². The van der Waals surface area contributed by atoms with Crippen LogP contribution in [0, 0.1) is 0 Å². The molecule has 0 aliphatic heterocycles. The first-order valence-corrected chi connectivity index (χ1v) is 7.39. The quantitative estimate of drug-likeness (QED) is 0.744. The van der Waals surface area contributed by atoms with Crippen molar-refractivity contribution in [3.8, 4) is 10.7 Å². The van der Waals surface area contributed by atoms with Crippen LogP contribution in [0.2, 0.25) is 0 Å². The first kappa shape index (κ1) is 13.5. The van der Waals surface area contributed by atoms with Crippen molar-refractivity contribution in [3.05, 3.63) is 29.6 Å². The van der Waals surface area contributed by atoms with E-state index in [4.69, 9.17) is 5.73 Å². The van der Waals surface area contributed by atoms with Gasteiger partial charge in [-0.2, -0.15) is 4.52 Å². The van der Waals surface area contributed by atoms with Crippen molar-refractivity contribution in [2.75, 3.05) is 5.32 Å². The first-order chi connectivity index (χ1) is 10.2. The summed E-state index contributed by atoms with van der Waals surface area (Å²) >= 11 is 1.57. The van der Waals surface area contributed by atoms with Gasteiger partial charge in [-0.3, -0.25) is 4.79 Å². The summed E-state index contributed by atoms with van der Waals surface area (Å²) in [5.74, 6) is 0.836. The van der Waals surface area contributed by atoms with Crippen LogP contribution in [-0.4, -0.2) is 31.8 Å². The van der Waals surface area contributed by atoms with E-state index >= 15 is 0 Å². The number of anilines is 1. The molecule has 0 spiro atoms. The zero-order valence-electron chi connectivity index (χ0n) is 11.4. The number of rotatable bonds is 5. The van der Waals surface area contributed by atoms with Gasteiger partial charge in [0.15, 0.2) is 11.5 Å². The number of carbonyl (C=O) groups excluding carboxylic acids is 1. The molecule has 21 heavy (non-hydrogen) atoms. The zero-order chi connectivity index (χ0) is 14.8. The molecule has 0 aliphatic carbocycles. The SMILES string of the molecule is CCC(Nc1ccc2nnc(-c3cccs3)n2n1)C(N)=O. The Hall–Kier alpha value is -2.48. The van der Waals surface area contributed by atoms with E-state index in [1.807, 2.05) is 24.4 Å². The lowest BCUT2D eigenvalue weighted by molar-refractivity contribution is -0.118. The normalized spacial score (nSPS) is 12.4. The number of nitrogens with two attached hydrogens (primary N) is 1. The third kappa shape index (κ3) is 2.57. The average Bonchev–Trinajstić information content (AvgIpc) is 3.12. The molecule has 1 unspecified atom stereocenters. The Morgan fingerprint density at radius 3 is 2.95 bits per heavy atom. The van der Waals surface area contributed by atoms with Gasteiger partial charge in [-0.1, -0.05) is 13.0 Å². The van der Waals surface area contributed by atoms with Gasteiger partial charge in [-0.05, 0) is 30.0 Å². The molecule has 0 aromatic carbocycles. The number of nitrogens with one attached hydrogen (secondary N) is 1. The summed E-state index contributed by atoms with van der Waals surface area (Å²) in [4.78, 5) is 12.3. The van der Waals surface area contributed by atoms with Gasteiger partial charge >= 0.3 is 0 Å². The standard InChI is InChI=1S/C13H14N6OS/c1-2-8(12(14)20)15-10-5-6-11-16-17-13(19(11)18-10)9-4-3-7-21-9/h3-8H,2H2,1H3,(H2,14,20)(H,15,18). The summed E-state index contributed by atoms with van der Waals surface area (Å²) in [5, 5.41) is 17.7. The number of aromatic nitrogens is 4. The van der Waals surface area contributed by atoms with Crippen LogP contribution in [0.25, 0.3) is 16.3 Å². The molecule has 1 atom stereocenters. The Balaban J connectivity index is 1.99. The molecule has 3 aromatic rings. The van der Waals surface area contributed by atoms with E-state index in [1.165, 1.54) is 0 Å². The Bertz CT molecular complexity index is 766. The van der Waals surface area contributed by atoms with Crippen LogP contribution >= 0.6 is 11.3 Å². The van der Waals surface area contributed by atoms with Crippen LogP contribution in [-0.2, 0) is 4.79 Å². The molecular formula is C13H14N6OS. The number of primary amides is 1. The summed E-state index contributed by atoms with van der Waals surface area (Å²) in [6, 6.07) is 7.02. The molecule has 0 radical (unpaired) electrons. The minimum atomic E-state index is -0.448. The molecule has 3 aromatic heterocycles. The molecule has 0 fully saturated rings. The predicted molar refractivity (Wildman–Crippen MR) is 81.0 cm³/mol. The number of nitrogens with zero attached hydrogens (tertiary/aromatic N) is 4. The van der Waals surface area contributed by atoms with Gasteiger partial charge in [0.05, 0.1) is 4.88 Å². The molecule has 3 rings (SSSR count). The van der Waals surface area contributed by atoms with Crippen molar-refractivity contribution in [2.24, 2.45) is 5.73 Å². The number of hydrogen-bond acceptors (Lipinski definition) is 6. The van der Waals surface area contributed by atoms with E-state index in [-0.39, 0.29) is 0 Å². The molecular weight excluding hydrogens is 288 g/mol. The Morgan fingerprint density at radius 2 is 2.29 bits per heavy atom. The number of hydrogen-bond donors (Lipinski definition) is 2. The summed E-state index contributed by atoms with van der Waals surface area (Å²) < 4.78 is 1.65. The lowest BCUT2D eigenvalue weighted by Crippen LogP contribution is -2.35. The minimum absolute atomic E-state index is 0.401. The summed E-state index contributed by atoms with van der Waals surface area (Å²) in [6.45, 7) is 1.89. The third-order valence-corrected chi connectivity index (χ3v) is 3.94. The highest BCUT2D eigenvalue weighted by molar-refractivity contribution is 7.13. The second kappa shape index (κ2) is 5.49. The van der Waals surface area contributed by atoms with E-state index in [2.05, 4.69) is 20.6 Å². The Kier molecular flexibility index (Phi) is 3.53. The van der Waals surface area contributed by atoms with Gasteiger partial charge in [0.1, 0.15) is 11.9 Å². The maximum atomic E-state index is 11.3. The Labute approximate surface area is 124 Å². The maximum Gasteiger partial charge on any atom is 0.239 e. The molecule has 0 aliphatic rings. The lowest BCUT2D eigenvalue weighted by Gasteiger charge is -2.13. The number of carbonyl (C=O) groups is 1. The van der Waals surface area contributed by atoms with Crippen molar-refractivity contribution >= 4 is 28.7 Å². The molecule has 1 amide bonds. The first-order valence-electron chi connectivity index (χ1n) is 6.51. The predicted octanol–water partition coefficient (Wildman–Crippen LogP) is 1.53. The maximum absolute atomic E-state index is 11.3. The summed E-state index contributed by atoms with van der Waals surface area (Å²) in [7, 11) is 0. The molecule has 8 heteroatoms. The van der Waals surface area contributed by atoms with Crippen LogP contribution in [0.1, 0.15) is 13.3 Å². The van der Waals surface area contributed by atoms with Crippen molar-refractivity contribution in [3.63, 3.8) is 0 Å². The van der Waals surface area contributed by atoms with Crippen molar-refractivity contribution in [1.29, 1.82) is 0 Å². The lowest BCUT2D eigenvalue weighted by atomic mass is 10.2.